The molecule has 0 aliphatic carbocycles. The van der Waals surface area contributed by atoms with Crippen LogP contribution in [0.4, 0.5) is 11.5 Å². The van der Waals surface area contributed by atoms with Gasteiger partial charge in [0.25, 0.3) is 0 Å². The topological polar surface area (TPSA) is 45.2 Å². The molecule has 22 heavy (non-hydrogen) atoms. The van der Waals surface area contributed by atoms with Gasteiger partial charge in [-0.05, 0) is 60.0 Å². The van der Waals surface area contributed by atoms with Crippen LogP contribution in [-0.4, -0.2) is 24.5 Å². The second-order valence-electron chi connectivity index (χ2n) is 5.51. The zero-order chi connectivity index (χ0) is 16.3. The molecule has 2 aromatic rings. The Labute approximate surface area is 139 Å². The highest BCUT2D eigenvalue weighted by Gasteiger charge is 2.11. The highest BCUT2D eigenvalue weighted by molar-refractivity contribution is 9.10. The van der Waals surface area contributed by atoms with Crippen molar-refractivity contribution in [3.8, 4) is 0 Å². The van der Waals surface area contributed by atoms with Crippen molar-refractivity contribution in [3.05, 3.63) is 51.6 Å². The molecule has 0 aliphatic heterocycles. The van der Waals surface area contributed by atoms with Gasteiger partial charge in [-0.2, -0.15) is 0 Å². The van der Waals surface area contributed by atoms with Crippen molar-refractivity contribution in [3.63, 3.8) is 0 Å². The number of nitrogens with zero attached hydrogens (tertiary/aromatic N) is 2. The quantitative estimate of drug-likeness (QED) is 0.899. The summed E-state index contributed by atoms with van der Waals surface area (Å²) in [7, 11) is 1.85. The summed E-state index contributed by atoms with van der Waals surface area (Å²) in [6, 6.07) is 7.93. The van der Waals surface area contributed by atoms with Gasteiger partial charge in [-0.3, -0.25) is 4.79 Å². The van der Waals surface area contributed by atoms with Crippen LogP contribution >= 0.6 is 15.9 Å². The Kier molecular flexibility index (Phi) is 5.19. The van der Waals surface area contributed by atoms with Crippen LogP contribution in [0.2, 0.25) is 0 Å². The lowest BCUT2D eigenvalue weighted by Crippen LogP contribution is -2.31. The molecular formula is C17H20BrN3O. The van der Waals surface area contributed by atoms with Gasteiger partial charge < -0.3 is 10.2 Å². The summed E-state index contributed by atoms with van der Waals surface area (Å²) in [4.78, 5) is 18.4. The number of hydrogen-bond acceptors (Lipinski definition) is 3. The van der Waals surface area contributed by atoms with E-state index >= 15 is 0 Å². The van der Waals surface area contributed by atoms with Gasteiger partial charge >= 0.3 is 0 Å². The molecule has 0 unspecified atom stereocenters. The highest BCUT2D eigenvalue weighted by Crippen LogP contribution is 2.22. The molecule has 1 amide bonds. The van der Waals surface area contributed by atoms with Crippen molar-refractivity contribution < 1.29 is 4.79 Å². The van der Waals surface area contributed by atoms with Crippen molar-refractivity contribution in [1.82, 2.24) is 4.98 Å². The van der Waals surface area contributed by atoms with Crippen LogP contribution in [0.3, 0.4) is 0 Å². The number of likely N-dealkylation sites (N-methyl/N-ethyl adjacent to an activating group) is 1. The molecule has 116 valence electrons. The lowest BCUT2D eigenvalue weighted by molar-refractivity contribution is -0.114. The van der Waals surface area contributed by atoms with E-state index in [4.69, 9.17) is 0 Å². The van der Waals surface area contributed by atoms with Gasteiger partial charge in [-0.15, -0.1) is 0 Å². The average molecular weight is 362 g/mol. The predicted molar refractivity (Wildman–Crippen MR) is 94.5 cm³/mol. The summed E-state index contributed by atoms with van der Waals surface area (Å²) >= 11 is 3.35. The number of aromatic nitrogens is 1. The number of benzene rings is 1. The first-order chi connectivity index (χ1) is 10.4. The molecule has 0 bridgehead atoms. The van der Waals surface area contributed by atoms with Crippen LogP contribution in [0.1, 0.15) is 16.7 Å². The van der Waals surface area contributed by atoms with Crippen LogP contribution in [0.5, 0.6) is 0 Å². The number of rotatable bonds is 4. The maximum absolute atomic E-state index is 12.3. The predicted octanol–water partition coefficient (Wildman–Crippen LogP) is 3.84. The minimum atomic E-state index is -0.0535. The number of hydrogen-bond donors (Lipinski definition) is 1. The van der Waals surface area contributed by atoms with E-state index in [1.807, 2.05) is 37.9 Å². The van der Waals surface area contributed by atoms with Gasteiger partial charge in [0, 0.05) is 23.4 Å². The van der Waals surface area contributed by atoms with E-state index in [1.165, 1.54) is 5.56 Å². The first kappa shape index (κ1) is 16.5. The van der Waals surface area contributed by atoms with E-state index in [1.54, 1.807) is 6.20 Å². The van der Waals surface area contributed by atoms with E-state index in [-0.39, 0.29) is 12.5 Å². The first-order valence-corrected chi connectivity index (χ1v) is 7.86. The Morgan fingerprint density at radius 3 is 2.41 bits per heavy atom. The fourth-order valence-corrected chi connectivity index (χ4v) is 2.68. The Hall–Kier alpha value is -1.88. The number of carbonyl (C=O) groups excluding carboxylic acids is 1. The van der Waals surface area contributed by atoms with Crippen molar-refractivity contribution >= 4 is 33.3 Å². The molecule has 1 aromatic heterocycles. The summed E-state index contributed by atoms with van der Waals surface area (Å²) in [6.07, 6.45) is 1.72. The highest BCUT2D eigenvalue weighted by atomic mass is 79.9. The van der Waals surface area contributed by atoms with Crippen LogP contribution in [0.25, 0.3) is 0 Å². The summed E-state index contributed by atoms with van der Waals surface area (Å²) in [5, 5.41) is 3.00. The van der Waals surface area contributed by atoms with Gasteiger partial charge in [-0.1, -0.05) is 17.7 Å². The Bertz CT molecular complexity index is 660. The molecule has 0 saturated carbocycles. The van der Waals surface area contributed by atoms with Crippen molar-refractivity contribution in [2.45, 2.75) is 20.8 Å². The van der Waals surface area contributed by atoms with Gasteiger partial charge in [0.05, 0.1) is 6.54 Å². The largest absolute Gasteiger partial charge is 0.350 e. The molecule has 0 aliphatic rings. The molecule has 1 heterocycles. The maximum Gasteiger partial charge on any atom is 0.243 e. The van der Waals surface area contributed by atoms with Gasteiger partial charge in [0.2, 0.25) is 5.91 Å². The van der Waals surface area contributed by atoms with Gasteiger partial charge in [0.1, 0.15) is 5.82 Å². The number of anilines is 2. The van der Waals surface area contributed by atoms with E-state index in [2.05, 4.69) is 45.3 Å². The van der Waals surface area contributed by atoms with E-state index in [9.17, 15) is 4.79 Å². The van der Waals surface area contributed by atoms with Crippen LogP contribution in [-0.2, 0) is 4.79 Å². The third-order valence-electron chi connectivity index (χ3n) is 3.43. The maximum atomic E-state index is 12.3. The zero-order valence-electron chi connectivity index (χ0n) is 13.3. The van der Waals surface area contributed by atoms with Crippen LogP contribution in [0, 0.1) is 20.8 Å². The number of carbonyl (C=O) groups is 1. The van der Waals surface area contributed by atoms with Gasteiger partial charge in [0.15, 0.2) is 0 Å². The lowest BCUT2D eigenvalue weighted by atomic mass is 10.1. The third-order valence-corrected chi connectivity index (χ3v) is 3.89. The average Bonchev–Trinajstić information content (AvgIpc) is 2.43. The molecule has 4 nitrogen and oxygen atoms in total. The number of amides is 1. The molecule has 0 atom stereocenters. The van der Waals surface area contributed by atoms with Gasteiger partial charge in [-0.25, -0.2) is 4.98 Å². The van der Waals surface area contributed by atoms with Crippen molar-refractivity contribution in [2.75, 3.05) is 23.8 Å². The Morgan fingerprint density at radius 2 is 1.86 bits per heavy atom. The first-order valence-electron chi connectivity index (χ1n) is 7.07. The second kappa shape index (κ2) is 6.92. The number of aryl methyl sites for hydroxylation is 3. The summed E-state index contributed by atoms with van der Waals surface area (Å²) < 4.78 is 0.917. The molecule has 1 aromatic carbocycles. The molecule has 0 fully saturated rings. The van der Waals surface area contributed by atoms with Crippen molar-refractivity contribution in [1.29, 1.82) is 0 Å². The minimum Gasteiger partial charge on any atom is -0.350 e. The van der Waals surface area contributed by atoms with Crippen molar-refractivity contribution in [2.24, 2.45) is 0 Å². The zero-order valence-corrected chi connectivity index (χ0v) is 14.9. The molecule has 2 rings (SSSR count). The second-order valence-corrected chi connectivity index (χ2v) is 6.43. The summed E-state index contributed by atoms with van der Waals surface area (Å²) in [5.74, 6) is 0.706. The third kappa shape index (κ3) is 4.07. The van der Waals surface area contributed by atoms with Crippen LogP contribution < -0.4 is 10.2 Å². The SMILES string of the molecule is Cc1cc(C)c(NC(=O)CN(C)c2ccc(Br)cn2)c(C)c1. The fraction of sp³-hybridized carbons (Fsp3) is 0.294. The Balaban J connectivity index is 2.05. The fourth-order valence-electron chi connectivity index (χ4n) is 2.45. The molecular weight excluding hydrogens is 342 g/mol. The molecule has 0 spiro atoms. The molecule has 5 heteroatoms. The number of pyridine rings is 1. The van der Waals surface area contributed by atoms with E-state index in [0.717, 1.165) is 27.1 Å². The van der Waals surface area contributed by atoms with E-state index in [0.29, 0.717) is 0 Å². The molecule has 1 N–H and O–H groups in total. The standard InChI is InChI=1S/C17H20BrN3O/c1-11-7-12(2)17(13(3)8-11)20-16(22)10-21(4)15-6-5-14(18)9-19-15/h5-9H,10H2,1-4H3,(H,20,22). The molecule has 0 saturated heterocycles. The minimum absolute atomic E-state index is 0.0535. The number of nitrogens with one attached hydrogen (secondary N) is 1. The Morgan fingerprint density at radius 1 is 1.23 bits per heavy atom. The smallest absolute Gasteiger partial charge is 0.243 e. The monoisotopic (exact) mass is 361 g/mol. The van der Waals surface area contributed by atoms with Crippen LogP contribution in [0.15, 0.2) is 34.9 Å². The summed E-state index contributed by atoms with van der Waals surface area (Å²) in [6.45, 7) is 6.32. The van der Waals surface area contributed by atoms with E-state index < -0.39 is 0 Å². The lowest BCUT2D eigenvalue weighted by Gasteiger charge is -2.19. The molecule has 0 radical (unpaired) electrons. The summed E-state index contributed by atoms with van der Waals surface area (Å²) in [5.41, 5.74) is 4.25. The number of halogens is 1. The normalized spacial score (nSPS) is 10.4.